The molecule has 1 aliphatic heterocycles. The highest BCUT2D eigenvalue weighted by molar-refractivity contribution is 5.69. The summed E-state index contributed by atoms with van der Waals surface area (Å²) < 4.78 is 10.8. The largest absolute Gasteiger partial charge is 0.497 e. The van der Waals surface area contributed by atoms with Gasteiger partial charge in [-0.3, -0.25) is 0 Å². The number of hydrogen-bond donors (Lipinski definition) is 1. The van der Waals surface area contributed by atoms with Crippen molar-refractivity contribution in [1.29, 1.82) is 0 Å². The molecular weight excluding hydrogens is 288 g/mol. The zero-order valence-corrected chi connectivity index (χ0v) is 13.8. The summed E-state index contributed by atoms with van der Waals surface area (Å²) in [4.78, 5) is 2.37. The molecule has 1 heterocycles. The van der Waals surface area contributed by atoms with Gasteiger partial charge >= 0.3 is 0 Å². The number of nitrogen functional groups attached to an aromatic ring is 1. The topological polar surface area (TPSA) is 47.7 Å². The third-order valence-corrected chi connectivity index (χ3v) is 4.42. The van der Waals surface area contributed by atoms with Gasteiger partial charge in [0.2, 0.25) is 0 Å². The summed E-state index contributed by atoms with van der Waals surface area (Å²) in [7, 11) is 3.37. The van der Waals surface area contributed by atoms with Crippen molar-refractivity contribution >= 4 is 11.4 Å². The highest BCUT2D eigenvalue weighted by Crippen LogP contribution is 2.30. The normalized spacial score (nSPS) is 14.1. The number of hydrogen-bond acceptors (Lipinski definition) is 4. The summed E-state index contributed by atoms with van der Waals surface area (Å²) in [5.41, 5.74) is 10.6. The quantitative estimate of drug-likeness (QED) is 0.859. The number of rotatable bonds is 5. The summed E-state index contributed by atoms with van der Waals surface area (Å²) in [5, 5.41) is 0. The first-order valence-electron chi connectivity index (χ1n) is 8.05. The lowest BCUT2D eigenvalue weighted by molar-refractivity contribution is 0.399. The molecule has 1 aliphatic rings. The average molecular weight is 312 g/mol. The van der Waals surface area contributed by atoms with E-state index in [-0.39, 0.29) is 0 Å². The molecule has 23 heavy (non-hydrogen) atoms. The van der Waals surface area contributed by atoms with Crippen LogP contribution >= 0.6 is 0 Å². The molecule has 0 radical (unpaired) electrons. The Morgan fingerprint density at radius 3 is 2.43 bits per heavy atom. The number of methoxy groups -OCH3 is 2. The van der Waals surface area contributed by atoms with Crippen molar-refractivity contribution in [2.24, 2.45) is 0 Å². The Kier molecular flexibility index (Phi) is 4.60. The smallest absolute Gasteiger partial charge is 0.122 e. The lowest BCUT2D eigenvalue weighted by atomic mass is 10.0. The van der Waals surface area contributed by atoms with Crippen molar-refractivity contribution in [3.63, 3.8) is 0 Å². The maximum absolute atomic E-state index is 6.28. The summed E-state index contributed by atoms with van der Waals surface area (Å²) in [6.07, 6.45) is 3.27. The molecule has 2 N–H and O–H groups in total. The van der Waals surface area contributed by atoms with Gasteiger partial charge in [-0.15, -0.1) is 0 Å². The molecule has 0 unspecified atom stereocenters. The average Bonchev–Trinajstić information content (AvgIpc) is 3.09. The van der Waals surface area contributed by atoms with Gasteiger partial charge < -0.3 is 20.1 Å². The molecule has 0 aromatic heterocycles. The van der Waals surface area contributed by atoms with Crippen LogP contribution in [0.25, 0.3) is 0 Å². The first-order valence-corrected chi connectivity index (χ1v) is 8.05. The van der Waals surface area contributed by atoms with Crippen LogP contribution in [0, 0.1) is 0 Å². The van der Waals surface area contributed by atoms with Gasteiger partial charge in [-0.1, -0.05) is 6.07 Å². The van der Waals surface area contributed by atoms with E-state index in [1.807, 2.05) is 18.2 Å². The Bertz CT molecular complexity index is 679. The minimum Gasteiger partial charge on any atom is -0.497 e. The van der Waals surface area contributed by atoms with Crippen molar-refractivity contribution < 1.29 is 9.47 Å². The number of nitrogens with zero attached hydrogens (tertiary/aromatic N) is 1. The summed E-state index contributed by atoms with van der Waals surface area (Å²) in [5.74, 6) is 1.70. The molecule has 0 saturated carbocycles. The Labute approximate surface area is 137 Å². The van der Waals surface area contributed by atoms with Crippen molar-refractivity contribution in [3.8, 4) is 11.5 Å². The lowest BCUT2D eigenvalue weighted by Gasteiger charge is -2.20. The number of anilines is 2. The Morgan fingerprint density at radius 1 is 1.00 bits per heavy atom. The van der Waals surface area contributed by atoms with Gasteiger partial charge in [0.25, 0.3) is 0 Å². The van der Waals surface area contributed by atoms with Crippen LogP contribution in [0.4, 0.5) is 11.4 Å². The van der Waals surface area contributed by atoms with E-state index in [2.05, 4.69) is 23.1 Å². The molecule has 4 heteroatoms. The van der Waals surface area contributed by atoms with Crippen molar-refractivity contribution in [3.05, 3.63) is 47.5 Å². The van der Waals surface area contributed by atoms with Crippen molar-refractivity contribution in [1.82, 2.24) is 0 Å². The van der Waals surface area contributed by atoms with E-state index in [0.29, 0.717) is 0 Å². The van der Waals surface area contributed by atoms with Crippen LogP contribution < -0.4 is 20.1 Å². The maximum Gasteiger partial charge on any atom is 0.122 e. The molecule has 1 saturated heterocycles. The summed E-state index contributed by atoms with van der Waals surface area (Å²) >= 11 is 0. The molecule has 0 spiro atoms. The predicted octanol–water partition coefficient (Wildman–Crippen LogP) is 3.48. The van der Waals surface area contributed by atoms with E-state index in [0.717, 1.165) is 47.9 Å². The molecule has 0 atom stereocenters. The van der Waals surface area contributed by atoms with Gasteiger partial charge in [-0.2, -0.15) is 0 Å². The van der Waals surface area contributed by atoms with Gasteiger partial charge in [-0.05, 0) is 48.7 Å². The fraction of sp³-hybridized carbons (Fsp3) is 0.368. The van der Waals surface area contributed by atoms with Crippen LogP contribution in [-0.2, 0) is 6.42 Å². The highest BCUT2D eigenvalue weighted by Gasteiger charge is 2.15. The van der Waals surface area contributed by atoms with Crippen molar-refractivity contribution in [2.75, 3.05) is 37.9 Å². The van der Waals surface area contributed by atoms with Gasteiger partial charge in [-0.25, -0.2) is 0 Å². The molecule has 2 aromatic rings. The number of ether oxygens (including phenoxy) is 2. The van der Waals surface area contributed by atoms with E-state index < -0.39 is 0 Å². The van der Waals surface area contributed by atoms with E-state index >= 15 is 0 Å². The van der Waals surface area contributed by atoms with Gasteiger partial charge in [0.1, 0.15) is 11.5 Å². The molecular formula is C19H24N2O2. The van der Waals surface area contributed by atoms with Gasteiger partial charge in [0.15, 0.2) is 0 Å². The van der Waals surface area contributed by atoms with Crippen LogP contribution in [-0.4, -0.2) is 27.3 Å². The standard InChI is InChI=1S/C19H24N2O2/c1-22-16-6-8-19(23-2)15(13-16)11-14-5-7-18(17(20)12-14)21-9-3-4-10-21/h5-8,12-13H,3-4,9-11,20H2,1-2H3. The second-order valence-electron chi connectivity index (χ2n) is 5.94. The Hall–Kier alpha value is -2.36. The molecule has 2 aromatic carbocycles. The van der Waals surface area contributed by atoms with E-state index in [9.17, 15) is 0 Å². The van der Waals surface area contributed by atoms with Gasteiger partial charge in [0.05, 0.1) is 25.6 Å². The fourth-order valence-corrected chi connectivity index (χ4v) is 3.20. The Morgan fingerprint density at radius 2 is 1.78 bits per heavy atom. The molecule has 3 rings (SSSR count). The lowest BCUT2D eigenvalue weighted by Crippen LogP contribution is -2.19. The van der Waals surface area contributed by atoms with Crippen LogP contribution in [0.1, 0.15) is 24.0 Å². The minimum absolute atomic E-state index is 0.769. The van der Waals surface area contributed by atoms with Crippen molar-refractivity contribution in [2.45, 2.75) is 19.3 Å². The van der Waals surface area contributed by atoms with E-state index in [1.165, 1.54) is 18.4 Å². The molecule has 122 valence electrons. The first-order chi connectivity index (χ1) is 11.2. The van der Waals surface area contributed by atoms with Crippen LogP contribution in [0.3, 0.4) is 0 Å². The zero-order chi connectivity index (χ0) is 16.2. The SMILES string of the molecule is COc1ccc(OC)c(Cc2ccc(N3CCCC3)c(N)c2)c1. The predicted molar refractivity (Wildman–Crippen MR) is 94.7 cm³/mol. The van der Waals surface area contributed by atoms with E-state index in [1.54, 1.807) is 14.2 Å². The van der Waals surface area contributed by atoms with Crippen LogP contribution in [0.15, 0.2) is 36.4 Å². The monoisotopic (exact) mass is 312 g/mol. The maximum atomic E-state index is 6.28. The van der Waals surface area contributed by atoms with Gasteiger partial charge in [0, 0.05) is 25.1 Å². The summed E-state index contributed by atoms with van der Waals surface area (Å²) in [6.45, 7) is 2.21. The minimum atomic E-state index is 0.769. The third kappa shape index (κ3) is 3.36. The fourth-order valence-electron chi connectivity index (χ4n) is 3.20. The first kappa shape index (κ1) is 15.5. The third-order valence-electron chi connectivity index (χ3n) is 4.42. The zero-order valence-electron chi connectivity index (χ0n) is 13.8. The molecule has 4 nitrogen and oxygen atoms in total. The molecule has 0 aliphatic carbocycles. The van der Waals surface area contributed by atoms with Crippen LogP contribution in [0.5, 0.6) is 11.5 Å². The summed E-state index contributed by atoms with van der Waals surface area (Å²) in [6, 6.07) is 12.2. The number of benzene rings is 2. The van der Waals surface area contributed by atoms with Crippen LogP contribution in [0.2, 0.25) is 0 Å². The second-order valence-corrected chi connectivity index (χ2v) is 5.94. The molecule has 0 bridgehead atoms. The molecule has 1 fully saturated rings. The number of nitrogens with two attached hydrogens (primary N) is 1. The highest BCUT2D eigenvalue weighted by atomic mass is 16.5. The van der Waals surface area contributed by atoms with E-state index in [4.69, 9.17) is 15.2 Å². The molecule has 0 amide bonds. The second kappa shape index (κ2) is 6.82. The Balaban J connectivity index is 1.84.